The van der Waals surface area contributed by atoms with Crippen molar-refractivity contribution in [3.05, 3.63) is 0 Å². The molecule has 0 heterocycles. The Hall–Kier alpha value is -3.03. The highest BCUT2D eigenvalue weighted by Crippen LogP contribution is 2.11. The maximum atomic E-state index is 11.7. The SMILES string of the molecule is N=C(CC(C(=O)OC(=O)C(O)C(O)C(=O)O)S(=O)(=O)O)OC(=O)C(O)C(O)C(=O)O. The van der Waals surface area contributed by atoms with Gasteiger partial charge in [-0.25, -0.2) is 19.2 Å². The molecule has 17 nitrogen and oxygen atoms in total. The number of hydrogen-bond donors (Lipinski definition) is 8. The number of aliphatic carboxylic acids is 2. The highest BCUT2D eigenvalue weighted by molar-refractivity contribution is 7.87. The van der Waals surface area contributed by atoms with E-state index in [0.29, 0.717) is 0 Å². The van der Waals surface area contributed by atoms with E-state index in [4.69, 9.17) is 35.5 Å². The van der Waals surface area contributed by atoms with Crippen LogP contribution in [0.2, 0.25) is 0 Å². The zero-order chi connectivity index (χ0) is 24.0. The van der Waals surface area contributed by atoms with E-state index in [1.54, 1.807) is 0 Å². The van der Waals surface area contributed by atoms with Crippen LogP contribution in [0, 0.1) is 5.41 Å². The summed E-state index contributed by atoms with van der Waals surface area (Å²) in [7, 11) is -5.48. The van der Waals surface area contributed by atoms with E-state index in [-0.39, 0.29) is 0 Å². The number of ether oxygens (including phenoxy) is 2. The summed E-state index contributed by atoms with van der Waals surface area (Å²) in [6, 6.07) is 0. The molecule has 0 spiro atoms. The van der Waals surface area contributed by atoms with Gasteiger partial charge < -0.3 is 40.1 Å². The lowest BCUT2D eigenvalue weighted by Crippen LogP contribution is -2.44. The first-order chi connectivity index (χ1) is 13.5. The van der Waals surface area contributed by atoms with Crippen LogP contribution >= 0.6 is 0 Å². The number of carbonyl (C=O) groups is 5. The van der Waals surface area contributed by atoms with Gasteiger partial charge in [0.2, 0.25) is 0 Å². The van der Waals surface area contributed by atoms with Gasteiger partial charge in [-0.1, -0.05) is 0 Å². The summed E-state index contributed by atoms with van der Waals surface area (Å²) >= 11 is 0. The number of carboxylic acids is 2. The minimum Gasteiger partial charge on any atom is -0.479 e. The molecular weight excluding hydrogens is 446 g/mol. The summed E-state index contributed by atoms with van der Waals surface area (Å²) < 4.78 is 39.3. The molecule has 30 heavy (non-hydrogen) atoms. The average molecular weight is 461 g/mol. The lowest BCUT2D eigenvalue weighted by Gasteiger charge is -2.17. The summed E-state index contributed by atoms with van der Waals surface area (Å²) in [6.07, 6.45) is -12.6. The number of aliphatic hydroxyl groups excluding tert-OH is 4. The molecule has 0 bridgehead atoms. The van der Waals surface area contributed by atoms with Gasteiger partial charge in [-0.15, -0.1) is 0 Å². The Morgan fingerprint density at radius 1 is 0.733 bits per heavy atom. The van der Waals surface area contributed by atoms with Crippen molar-refractivity contribution < 1.29 is 77.1 Å². The van der Waals surface area contributed by atoms with Crippen LogP contribution in [-0.4, -0.2) is 109 Å². The Kier molecular flexibility index (Phi) is 9.59. The molecule has 0 aromatic rings. The van der Waals surface area contributed by atoms with Crippen molar-refractivity contribution in [3.8, 4) is 0 Å². The highest BCUT2D eigenvalue weighted by atomic mass is 32.2. The largest absolute Gasteiger partial charge is 0.479 e. The normalized spacial score (nSPS) is 16.3. The summed E-state index contributed by atoms with van der Waals surface area (Å²) in [4.78, 5) is 55.3. The number of nitrogens with one attached hydrogen (secondary N) is 1. The molecule has 0 aromatic carbocycles. The van der Waals surface area contributed by atoms with Crippen LogP contribution in [-0.2, 0) is 43.6 Å². The van der Waals surface area contributed by atoms with Crippen molar-refractivity contribution in [2.45, 2.75) is 36.1 Å². The van der Waals surface area contributed by atoms with Crippen LogP contribution in [0.1, 0.15) is 6.42 Å². The lowest BCUT2D eigenvalue weighted by molar-refractivity contribution is -0.175. The Bertz CT molecular complexity index is 833. The maximum absolute atomic E-state index is 11.7. The molecule has 0 saturated carbocycles. The molecule has 18 heteroatoms. The minimum absolute atomic E-state index is 1.49. The molecule has 0 aliphatic heterocycles. The van der Waals surface area contributed by atoms with Crippen LogP contribution < -0.4 is 0 Å². The third kappa shape index (κ3) is 7.77. The molecule has 0 radical (unpaired) electrons. The lowest BCUT2D eigenvalue weighted by atomic mass is 10.2. The highest BCUT2D eigenvalue weighted by Gasteiger charge is 2.40. The quantitative estimate of drug-likeness (QED) is 0.0495. The van der Waals surface area contributed by atoms with Crippen molar-refractivity contribution >= 4 is 45.9 Å². The van der Waals surface area contributed by atoms with Crippen molar-refractivity contribution in [2.75, 3.05) is 0 Å². The standard InChI is InChI=1S/C12H15NO16S/c13-3(28-11(23)6(16)4(14)8(18)19)1-2(30(25,26)27)10(22)29-12(24)7(17)5(15)9(20)21/h2,4-7,13-17H,1H2,(H,18,19)(H,20,21)(H,25,26,27). The zero-order valence-corrected chi connectivity index (χ0v) is 15.1. The van der Waals surface area contributed by atoms with Gasteiger partial charge in [0.05, 0.1) is 6.42 Å². The monoisotopic (exact) mass is 461 g/mol. The molecule has 0 saturated heterocycles. The average Bonchev–Trinajstić information content (AvgIpc) is 2.61. The molecule has 0 aliphatic rings. The van der Waals surface area contributed by atoms with Gasteiger partial charge in [-0.3, -0.25) is 14.8 Å². The second-order valence-corrected chi connectivity index (χ2v) is 6.85. The second kappa shape index (κ2) is 10.7. The van der Waals surface area contributed by atoms with Crippen LogP contribution in [0.5, 0.6) is 0 Å². The van der Waals surface area contributed by atoms with E-state index in [2.05, 4.69) is 9.47 Å². The Morgan fingerprint density at radius 2 is 1.10 bits per heavy atom. The van der Waals surface area contributed by atoms with E-state index in [9.17, 15) is 37.5 Å². The summed E-state index contributed by atoms with van der Waals surface area (Å²) in [5.41, 5.74) is 0. The number of carboxylic acid groups (broad SMARTS) is 2. The maximum Gasteiger partial charge on any atom is 0.346 e. The van der Waals surface area contributed by atoms with Gasteiger partial charge in [-0.05, 0) is 0 Å². The molecule has 0 fully saturated rings. The minimum atomic E-state index is -5.48. The molecule has 0 aromatic heterocycles. The fraction of sp³-hybridized carbons (Fsp3) is 0.500. The molecule has 5 unspecified atom stereocenters. The van der Waals surface area contributed by atoms with Gasteiger partial charge in [-0.2, -0.15) is 8.42 Å². The van der Waals surface area contributed by atoms with Crippen LogP contribution in [0.25, 0.3) is 0 Å². The molecule has 8 N–H and O–H groups in total. The number of hydrogen-bond acceptors (Lipinski definition) is 14. The van der Waals surface area contributed by atoms with E-state index in [1.165, 1.54) is 0 Å². The number of esters is 3. The van der Waals surface area contributed by atoms with Gasteiger partial charge in [0.15, 0.2) is 35.6 Å². The first-order valence-electron chi connectivity index (χ1n) is 7.19. The Balaban J connectivity index is 5.27. The molecular formula is C12H15NO16S. The number of aliphatic hydroxyl groups is 4. The number of rotatable bonds is 10. The van der Waals surface area contributed by atoms with Gasteiger partial charge >= 0.3 is 29.8 Å². The van der Waals surface area contributed by atoms with Crippen LogP contribution in [0.4, 0.5) is 0 Å². The van der Waals surface area contributed by atoms with Crippen molar-refractivity contribution in [3.63, 3.8) is 0 Å². The van der Waals surface area contributed by atoms with E-state index in [1.807, 2.05) is 0 Å². The molecule has 0 amide bonds. The summed E-state index contributed by atoms with van der Waals surface area (Å²) in [5, 5.41) is 57.5. The molecule has 0 aliphatic carbocycles. The van der Waals surface area contributed by atoms with Gasteiger partial charge in [0.1, 0.15) is 0 Å². The second-order valence-electron chi connectivity index (χ2n) is 5.25. The van der Waals surface area contributed by atoms with Crippen molar-refractivity contribution in [1.82, 2.24) is 0 Å². The predicted molar refractivity (Wildman–Crippen MR) is 84.2 cm³/mol. The first-order valence-corrected chi connectivity index (χ1v) is 8.69. The molecule has 170 valence electrons. The van der Waals surface area contributed by atoms with Crippen LogP contribution in [0.3, 0.4) is 0 Å². The van der Waals surface area contributed by atoms with Crippen molar-refractivity contribution in [1.29, 1.82) is 5.41 Å². The zero-order valence-electron chi connectivity index (χ0n) is 14.3. The number of carbonyl (C=O) groups excluding carboxylic acids is 3. The molecule has 0 rings (SSSR count). The third-order valence-corrected chi connectivity index (χ3v) is 4.08. The van der Waals surface area contributed by atoms with E-state index in [0.717, 1.165) is 0 Å². The van der Waals surface area contributed by atoms with E-state index < -0.39 is 81.9 Å². The Labute approximate surface area is 165 Å². The third-order valence-electron chi connectivity index (χ3n) is 3.01. The van der Waals surface area contributed by atoms with Crippen LogP contribution in [0.15, 0.2) is 0 Å². The predicted octanol–water partition coefficient (Wildman–Crippen LogP) is -5.16. The van der Waals surface area contributed by atoms with Crippen molar-refractivity contribution in [2.24, 2.45) is 0 Å². The topological polar surface area (TPSA) is 303 Å². The molecule has 5 atom stereocenters. The van der Waals surface area contributed by atoms with Gasteiger partial charge in [0.25, 0.3) is 10.1 Å². The van der Waals surface area contributed by atoms with Gasteiger partial charge in [0, 0.05) is 0 Å². The summed E-state index contributed by atoms with van der Waals surface area (Å²) in [5.74, 6) is -12.0. The Morgan fingerprint density at radius 3 is 1.43 bits per heavy atom. The van der Waals surface area contributed by atoms with E-state index >= 15 is 0 Å². The fourth-order valence-electron chi connectivity index (χ4n) is 1.46. The summed E-state index contributed by atoms with van der Waals surface area (Å²) in [6.45, 7) is 0. The first kappa shape index (κ1) is 27.0. The fourth-order valence-corrected chi connectivity index (χ4v) is 2.11. The smallest absolute Gasteiger partial charge is 0.346 e.